The molecule has 0 radical (unpaired) electrons. The molecule has 0 atom stereocenters. The van der Waals surface area contributed by atoms with E-state index in [1.165, 1.54) is 30.6 Å². The molecule has 1 aromatic heterocycles. The summed E-state index contributed by atoms with van der Waals surface area (Å²) >= 11 is 5.73. The Bertz CT molecular complexity index is 1120. The van der Waals surface area contributed by atoms with E-state index in [1.54, 1.807) is 19.9 Å². The molecule has 2 aromatic carbocycles. The van der Waals surface area contributed by atoms with Crippen LogP contribution in [0.4, 0.5) is 13.2 Å². The molecule has 0 aliphatic rings. The van der Waals surface area contributed by atoms with Gasteiger partial charge in [0, 0.05) is 16.0 Å². The first kappa shape index (κ1) is 22.0. The van der Waals surface area contributed by atoms with Crippen LogP contribution < -0.4 is 9.47 Å². The van der Waals surface area contributed by atoms with Crippen molar-refractivity contribution in [3.8, 4) is 28.1 Å². The van der Waals surface area contributed by atoms with Crippen molar-refractivity contribution in [1.82, 2.24) is 4.98 Å². The van der Waals surface area contributed by atoms with Crippen LogP contribution in [-0.4, -0.2) is 12.1 Å². The smallest absolute Gasteiger partial charge is 0.416 e. The summed E-state index contributed by atoms with van der Waals surface area (Å²) in [4.78, 5) is 5.89. The summed E-state index contributed by atoms with van der Waals surface area (Å²) in [5.41, 5.74) is 1.58. The fraction of sp³-hybridized carbons (Fsp3) is 0.238. The Morgan fingerprint density at radius 1 is 1.20 bits per heavy atom. The number of halogens is 3. The van der Waals surface area contributed by atoms with Crippen LogP contribution in [0.3, 0.4) is 0 Å². The standard InChI is InChI=1S/C21H17F3N2O2S2/c1-11-17(29)8-16(27-3)15(9-25)19(11)28-10-18-12(2)26-20(30-18)13-4-6-14(7-5-13)21(22,23)24/h4-8,29H,10H2,1-3H3. The fourth-order valence-electron chi connectivity index (χ4n) is 2.79. The molecule has 0 aliphatic heterocycles. The lowest BCUT2D eigenvalue weighted by atomic mass is 10.1. The molecule has 3 rings (SSSR count). The van der Waals surface area contributed by atoms with Crippen LogP contribution in [-0.2, 0) is 12.8 Å². The van der Waals surface area contributed by atoms with Crippen LogP contribution in [0.25, 0.3) is 10.6 Å². The number of alkyl halides is 3. The first-order valence-corrected chi connectivity index (χ1v) is 9.99. The van der Waals surface area contributed by atoms with Crippen molar-refractivity contribution >= 4 is 24.0 Å². The number of rotatable bonds is 5. The molecule has 9 heteroatoms. The second-order valence-corrected chi connectivity index (χ2v) is 8.00. The SMILES string of the molecule is COc1cc(S)c(C)c(OCc2sc(-c3ccc(C(F)(F)F)cc3)nc2C)c1C#N. The zero-order chi connectivity index (χ0) is 22.1. The second kappa shape index (κ2) is 8.58. The van der Waals surface area contributed by atoms with Crippen molar-refractivity contribution in [2.24, 2.45) is 0 Å². The van der Waals surface area contributed by atoms with Gasteiger partial charge in [-0.2, -0.15) is 18.4 Å². The Morgan fingerprint density at radius 2 is 1.87 bits per heavy atom. The first-order chi connectivity index (χ1) is 14.2. The van der Waals surface area contributed by atoms with E-state index in [4.69, 9.17) is 9.47 Å². The minimum atomic E-state index is -4.38. The van der Waals surface area contributed by atoms with Gasteiger partial charge >= 0.3 is 6.18 Å². The molecule has 156 valence electrons. The minimum absolute atomic E-state index is 0.153. The van der Waals surface area contributed by atoms with Gasteiger partial charge in [-0.15, -0.1) is 24.0 Å². The number of methoxy groups -OCH3 is 1. The highest BCUT2D eigenvalue weighted by atomic mass is 32.1. The van der Waals surface area contributed by atoms with Crippen LogP contribution >= 0.6 is 24.0 Å². The normalized spacial score (nSPS) is 11.3. The predicted octanol–water partition coefficient (Wildman–Crippen LogP) is 6.19. The third kappa shape index (κ3) is 4.40. The van der Waals surface area contributed by atoms with Crippen molar-refractivity contribution in [3.63, 3.8) is 0 Å². The van der Waals surface area contributed by atoms with Crippen LogP contribution in [0.15, 0.2) is 35.2 Å². The number of thiol groups is 1. The van der Waals surface area contributed by atoms with Gasteiger partial charge in [-0.25, -0.2) is 4.98 Å². The van der Waals surface area contributed by atoms with Crippen LogP contribution in [0.2, 0.25) is 0 Å². The molecule has 0 saturated carbocycles. The van der Waals surface area contributed by atoms with Gasteiger partial charge in [-0.3, -0.25) is 0 Å². The highest BCUT2D eigenvalue weighted by Gasteiger charge is 2.30. The average Bonchev–Trinajstić information content (AvgIpc) is 3.08. The number of aromatic nitrogens is 1. The maximum atomic E-state index is 12.8. The lowest BCUT2D eigenvalue weighted by molar-refractivity contribution is -0.137. The second-order valence-electron chi connectivity index (χ2n) is 6.43. The van der Waals surface area contributed by atoms with E-state index < -0.39 is 11.7 Å². The number of nitrogens with zero attached hydrogens (tertiary/aromatic N) is 2. The van der Waals surface area contributed by atoms with Crippen molar-refractivity contribution in [2.75, 3.05) is 7.11 Å². The van der Waals surface area contributed by atoms with Crippen molar-refractivity contribution in [3.05, 3.63) is 57.6 Å². The van der Waals surface area contributed by atoms with Crippen LogP contribution in [0, 0.1) is 25.2 Å². The number of thiazole rings is 1. The number of ether oxygens (including phenoxy) is 2. The summed E-state index contributed by atoms with van der Waals surface area (Å²) in [6.07, 6.45) is -4.38. The molecule has 0 spiro atoms. The Balaban J connectivity index is 1.86. The summed E-state index contributed by atoms with van der Waals surface area (Å²) in [5.74, 6) is 0.750. The number of benzene rings is 2. The molecule has 1 heterocycles. The van der Waals surface area contributed by atoms with Gasteiger partial charge in [-0.1, -0.05) is 12.1 Å². The predicted molar refractivity (Wildman–Crippen MR) is 111 cm³/mol. The molecule has 0 unspecified atom stereocenters. The lowest BCUT2D eigenvalue weighted by Crippen LogP contribution is -2.03. The van der Waals surface area contributed by atoms with Crippen molar-refractivity contribution in [1.29, 1.82) is 5.26 Å². The first-order valence-electron chi connectivity index (χ1n) is 8.73. The van der Waals surface area contributed by atoms with Gasteiger partial charge < -0.3 is 9.47 Å². The molecule has 30 heavy (non-hydrogen) atoms. The Morgan fingerprint density at radius 3 is 2.43 bits per heavy atom. The van der Waals surface area contributed by atoms with Gasteiger partial charge in [0.25, 0.3) is 0 Å². The fourth-order valence-corrected chi connectivity index (χ4v) is 3.99. The number of hydrogen-bond donors (Lipinski definition) is 1. The molecule has 0 aliphatic carbocycles. The van der Waals surface area contributed by atoms with E-state index in [0.717, 1.165) is 17.0 Å². The van der Waals surface area contributed by atoms with Gasteiger partial charge in [0.05, 0.1) is 23.2 Å². The topological polar surface area (TPSA) is 55.1 Å². The van der Waals surface area contributed by atoms with E-state index >= 15 is 0 Å². The molecule has 0 bridgehead atoms. The third-order valence-corrected chi connectivity index (χ3v) is 6.14. The Kier molecular flexibility index (Phi) is 6.29. The highest BCUT2D eigenvalue weighted by Crippen LogP contribution is 2.37. The van der Waals surface area contributed by atoms with Gasteiger partial charge in [0.1, 0.15) is 34.7 Å². The summed E-state index contributed by atoms with van der Waals surface area (Å²) in [6, 6.07) is 8.63. The largest absolute Gasteiger partial charge is 0.495 e. The Hall–Kier alpha value is -2.70. The summed E-state index contributed by atoms with van der Waals surface area (Å²) in [6.45, 7) is 3.75. The van der Waals surface area contributed by atoms with Crippen LogP contribution in [0.5, 0.6) is 11.5 Å². The third-order valence-electron chi connectivity index (χ3n) is 4.50. The summed E-state index contributed by atoms with van der Waals surface area (Å²) in [7, 11) is 1.46. The maximum absolute atomic E-state index is 12.8. The van der Waals surface area contributed by atoms with E-state index in [-0.39, 0.29) is 12.2 Å². The average molecular weight is 451 g/mol. The quantitative estimate of drug-likeness (QED) is 0.471. The molecule has 0 fully saturated rings. The molecule has 0 saturated heterocycles. The minimum Gasteiger partial charge on any atom is -0.495 e. The molecule has 3 aromatic rings. The number of aryl methyl sites for hydroxylation is 1. The zero-order valence-corrected chi connectivity index (χ0v) is 18.0. The monoisotopic (exact) mass is 450 g/mol. The van der Waals surface area contributed by atoms with Crippen molar-refractivity contribution < 1.29 is 22.6 Å². The highest BCUT2D eigenvalue weighted by molar-refractivity contribution is 7.80. The van der Waals surface area contributed by atoms with Crippen molar-refractivity contribution in [2.45, 2.75) is 31.5 Å². The van der Waals surface area contributed by atoms with Crippen LogP contribution in [0.1, 0.15) is 27.3 Å². The zero-order valence-electron chi connectivity index (χ0n) is 16.3. The molecule has 4 nitrogen and oxygen atoms in total. The van der Waals surface area contributed by atoms with E-state index in [9.17, 15) is 18.4 Å². The van der Waals surface area contributed by atoms with Gasteiger partial charge in [0.2, 0.25) is 0 Å². The number of nitriles is 1. The molecular formula is C21H17F3N2O2S2. The Labute approximate surface area is 181 Å². The van der Waals surface area contributed by atoms with E-state index in [1.807, 2.05) is 0 Å². The van der Waals surface area contributed by atoms with E-state index in [0.29, 0.717) is 38.2 Å². The molecule has 0 N–H and O–H groups in total. The van der Waals surface area contributed by atoms with Gasteiger partial charge in [0.15, 0.2) is 0 Å². The summed E-state index contributed by atoms with van der Waals surface area (Å²) < 4.78 is 49.5. The summed E-state index contributed by atoms with van der Waals surface area (Å²) in [5, 5.41) is 10.1. The number of hydrogen-bond acceptors (Lipinski definition) is 6. The van der Waals surface area contributed by atoms with Gasteiger partial charge in [-0.05, 0) is 32.0 Å². The molecular weight excluding hydrogens is 433 g/mol. The lowest BCUT2D eigenvalue weighted by Gasteiger charge is -2.14. The van der Waals surface area contributed by atoms with E-state index in [2.05, 4.69) is 23.7 Å². The molecule has 0 amide bonds. The maximum Gasteiger partial charge on any atom is 0.416 e.